The Balaban J connectivity index is 2.61. The topological polar surface area (TPSA) is 68.3 Å². The van der Waals surface area contributed by atoms with Crippen LogP contribution in [0.5, 0.6) is 0 Å². The number of allylic oxidation sites excluding steroid dienone is 8. The van der Waals surface area contributed by atoms with E-state index in [4.69, 9.17) is 0 Å². The van der Waals surface area contributed by atoms with Crippen LogP contribution in [0.4, 0.5) is 0 Å². The Morgan fingerprint density at radius 2 is 1.00 bits per heavy atom. The summed E-state index contributed by atoms with van der Waals surface area (Å²) in [6.45, 7) is 0. The second kappa shape index (κ2) is 4.07. The van der Waals surface area contributed by atoms with Gasteiger partial charge in [0.2, 0.25) is 20.6 Å². The number of hydrogen-bond acceptors (Lipinski definition) is 4. The van der Waals surface area contributed by atoms with Crippen LogP contribution in [0.1, 0.15) is 0 Å². The zero-order valence-corrected chi connectivity index (χ0v) is 9.55. The quantitative estimate of drug-likeness (QED) is 0.574. The van der Waals surface area contributed by atoms with Crippen LogP contribution in [0.3, 0.4) is 0 Å². The largest absolute Gasteiger partial charge is 0.221 e. The summed E-state index contributed by atoms with van der Waals surface area (Å²) in [5.41, 5.74) is 1.38. The number of hydrogen-bond donors (Lipinski definition) is 0. The highest BCUT2D eigenvalue weighted by atomic mass is 32.2. The van der Waals surface area contributed by atoms with Gasteiger partial charge in [-0.05, 0) is 35.5 Å². The zero-order chi connectivity index (χ0) is 11.7. The van der Waals surface area contributed by atoms with Crippen LogP contribution in [0.2, 0.25) is 0 Å². The highest BCUT2D eigenvalue weighted by molar-refractivity contribution is 7.74. The Kier molecular flexibility index (Phi) is 2.76. The molecule has 82 valence electrons. The minimum absolute atomic E-state index is 0.184. The molecule has 2 rings (SSSR count). The van der Waals surface area contributed by atoms with Gasteiger partial charge in [0.1, 0.15) is 0 Å². The zero-order valence-electron chi connectivity index (χ0n) is 7.91. The molecule has 0 aromatic carbocycles. The van der Waals surface area contributed by atoms with Gasteiger partial charge in [0.25, 0.3) is 0 Å². The predicted molar refractivity (Wildman–Crippen MR) is 62.3 cm³/mol. The second-order valence-corrected chi connectivity index (χ2v) is 5.02. The molecule has 0 bridgehead atoms. The third-order valence-electron chi connectivity index (χ3n) is 2.17. The molecule has 0 aliphatic heterocycles. The van der Waals surface area contributed by atoms with E-state index >= 15 is 0 Å². The van der Waals surface area contributed by atoms with Gasteiger partial charge in [0, 0.05) is 0 Å². The summed E-state index contributed by atoms with van der Waals surface area (Å²) in [5, 5.41) is 0. The monoisotopic (exact) mass is 254 g/mol. The van der Waals surface area contributed by atoms with E-state index in [0.717, 1.165) is 0 Å². The van der Waals surface area contributed by atoms with Gasteiger partial charge in [-0.2, -0.15) is 16.8 Å². The molecule has 0 aromatic heterocycles. The third kappa shape index (κ3) is 1.98. The molecule has 4 nitrogen and oxygen atoms in total. The summed E-state index contributed by atoms with van der Waals surface area (Å²) in [6, 6.07) is 0. The Bertz CT molecular complexity index is 657. The lowest BCUT2D eigenvalue weighted by atomic mass is 9.95. The van der Waals surface area contributed by atoms with Crippen LogP contribution in [0.25, 0.3) is 0 Å². The SMILES string of the molecule is O=S(=O)=C1C=CC2=CC(=S(=O)=O)C=CC2=C1. The first kappa shape index (κ1) is 10.8. The van der Waals surface area contributed by atoms with Gasteiger partial charge in [-0.15, -0.1) is 0 Å². The Labute approximate surface area is 95.0 Å². The predicted octanol–water partition coefficient (Wildman–Crippen LogP) is 0.0818. The molecule has 0 heterocycles. The van der Waals surface area contributed by atoms with Crippen molar-refractivity contribution in [2.45, 2.75) is 0 Å². The van der Waals surface area contributed by atoms with E-state index in [2.05, 4.69) is 0 Å². The molecule has 16 heavy (non-hydrogen) atoms. The maximum Gasteiger partial charge on any atom is 0.221 e. The van der Waals surface area contributed by atoms with Crippen molar-refractivity contribution in [1.82, 2.24) is 0 Å². The van der Waals surface area contributed by atoms with Crippen molar-refractivity contribution >= 4 is 30.3 Å². The molecule has 0 saturated carbocycles. The minimum Gasteiger partial charge on any atom is -0.184 e. The summed E-state index contributed by atoms with van der Waals surface area (Å²) in [5.74, 6) is 0. The van der Waals surface area contributed by atoms with Crippen molar-refractivity contribution in [2.24, 2.45) is 0 Å². The van der Waals surface area contributed by atoms with Crippen molar-refractivity contribution in [2.75, 3.05) is 0 Å². The van der Waals surface area contributed by atoms with E-state index in [-0.39, 0.29) is 9.73 Å². The smallest absolute Gasteiger partial charge is 0.184 e. The van der Waals surface area contributed by atoms with Gasteiger partial charge in [-0.3, -0.25) is 0 Å². The number of fused-ring (bicyclic) bond motifs is 1. The maximum atomic E-state index is 10.7. The average Bonchev–Trinajstić information content (AvgIpc) is 2.27. The standard InChI is InChI=1S/C10H6O4S2/c11-15(12)9-3-1-7-5-10(16(13)14)4-2-8(7)6-9/h1-6H. The van der Waals surface area contributed by atoms with Gasteiger partial charge in [0.15, 0.2) is 0 Å². The average molecular weight is 254 g/mol. The fourth-order valence-corrected chi connectivity index (χ4v) is 2.21. The molecular weight excluding hydrogens is 248 g/mol. The van der Waals surface area contributed by atoms with Gasteiger partial charge in [-0.1, -0.05) is 12.2 Å². The molecule has 0 saturated heterocycles. The van der Waals surface area contributed by atoms with Crippen molar-refractivity contribution < 1.29 is 16.8 Å². The van der Waals surface area contributed by atoms with Gasteiger partial charge in [-0.25, -0.2) is 0 Å². The van der Waals surface area contributed by atoms with Gasteiger partial charge in [0.05, 0.1) is 9.73 Å². The molecule has 0 aromatic rings. The highest BCUT2D eigenvalue weighted by Crippen LogP contribution is 2.21. The van der Waals surface area contributed by atoms with Crippen molar-refractivity contribution in [3.8, 4) is 0 Å². The molecule has 0 fully saturated rings. The molecule has 0 amide bonds. The lowest BCUT2D eigenvalue weighted by Crippen LogP contribution is -2.05. The van der Waals surface area contributed by atoms with E-state index in [1.165, 1.54) is 24.3 Å². The summed E-state index contributed by atoms with van der Waals surface area (Å²) in [4.78, 5) is 0.368. The van der Waals surface area contributed by atoms with E-state index in [9.17, 15) is 16.8 Å². The van der Waals surface area contributed by atoms with Gasteiger partial charge < -0.3 is 0 Å². The lowest BCUT2D eigenvalue weighted by Gasteiger charge is -2.11. The molecule has 2 aliphatic carbocycles. The van der Waals surface area contributed by atoms with E-state index < -0.39 is 20.6 Å². The van der Waals surface area contributed by atoms with Crippen molar-refractivity contribution in [1.29, 1.82) is 0 Å². The first-order valence-corrected chi connectivity index (χ1v) is 6.45. The normalized spacial score (nSPS) is 17.8. The summed E-state index contributed by atoms with van der Waals surface area (Å²) in [7, 11) is -4.54. The Morgan fingerprint density at radius 3 is 1.31 bits per heavy atom. The van der Waals surface area contributed by atoms with Crippen LogP contribution >= 0.6 is 0 Å². The van der Waals surface area contributed by atoms with Crippen molar-refractivity contribution in [3.05, 3.63) is 47.6 Å². The fourth-order valence-electron chi connectivity index (χ4n) is 1.41. The molecule has 0 spiro atoms. The van der Waals surface area contributed by atoms with Crippen molar-refractivity contribution in [3.63, 3.8) is 0 Å². The maximum absolute atomic E-state index is 10.7. The van der Waals surface area contributed by atoms with E-state index in [1.807, 2.05) is 0 Å². The minimum atomic E-state index is -2.27. The number of rotatable bonds is 0. The molecule has 6 heteroatoms. The first-order chi connectivity index (χ1) is 7.58. The molecule has 2 aliphatic rings. The second-order valence-electron chi connectivity index (χ2n) is 3.14. The molecule has 0 atom stereocenters. The molecule has 0 N–H and O–H groups in total. The Hall–Kier alpha value is -1.66. The molecule has 0 radical (unpaired) electrons. The highest BCUT2D eigenvalue weighted by Gasteiger charge is 2.12. The summed E-state index contributed by atoms with van der Waals surface area (Å²) < 4.78 is 42.9. The van der Waals surface area contributed by atoms with Crippen LogP contribution < -0.4 is 0 Å². The van der Waals surface area contributed by atoms with Crippen LogP contribution in [0.15, 0.2) is 47.6 Å². The Morgan fingerprint density at radius 1 is 0.625 bits per heavy atom. The van der Waals surface area contributed by atoms with Crippen LogP contribution in [-0.2, 0) is 20.6 Å². The van der Waals surface area contributed by atoms with E-state index in [1.54, 1.807) is 12.2 Å². The van der Waals surface area contributed by atoms with Crippen LogP contribution in [0, 0.1) is 0 Å². The third-order valence-corrected chi connectivity index (χ3v) is 3.45. The summed E-state index contributed by atoms with van der Waals surface area (Å²) >= 11 is 0. The fraction of sp³-hybridized carbons (Fsp3) is 0. The lowest BCUT2D eigenvalue weighted by molar-refractivity contribution is 0.625. The van der Waals surface area contributed by atoms with E-state index in [0.29, 0.717) is 11.1 Å². The molecule has 0 unspecified atom stereocenters. The summed E-state index contributed by atoms with van der Waals surface area (Å²) in [6.07, 6.45) is 9.02. The van der Waals surface area contributed by atoms with Crippen LogP contribution in [-0.4, -0.2) is 26.6 Å². The molecular formula is C10H6O4S2. The first-order valence-electron chi connectivity index (χ1n) is 4.30. The van der Waals surface area contributed by atoms with Gasteiger partial charge >= 0.3 is 0 Å².